The Morgan fingerprint density at radius 3 is 2.87 bits per heavy atom. The average Bonchev–Trinajstić information content (AvgIpc) is 2.20. The van der Waals surface area contributed by atoms with E-state index in [-0.39, 0.29) is 17.1 Å². The Bertz CT molecular complexity index is 371. The van der Waals surface area contributed by atoms with Gasteiger partial charge in [0, 0.05) is 0 Å². The van der Waals surface area contributed by atoms with Crippen LogP contribution < -0.4 is 4.74 Å². The Labute approximate surface area is 87.4 Å². The topological polar surface area (TPSA) is 66.8 Å². The molecular weight excluding hydrogens is 196 g/mol. The Balaban J connectivity index is 2.92. The third-order valence-corrected chi connectivity index (χ3v) is 1.79. The molecule has 2 N–H and O–H groups in total. The van der Waals surface area contributed by atoms with Crippen molar-refractivity contribution in [3.05, 3.63) is 36.4 Å². The second-order valence-electron chi connectivity index (χ2n) is 2.88. The van der Waals surface area contributed by atoms with E-state index in [1.54, 1.807) is 6.08 Å². The molecule has 4 heteroatoms. The smallest absolute Gasteiger partial charge is 0.339 e. The van der Waals surface area contributed by atoms with Crippen molar-refractivity contribution in [2.45, 2.75) is 6.42 Å². The molecule has 0 unspecified atom stereocenters. The van der Waals surface area contributed by atoms with Gasteiger partial charge in [0.05, 0.1) is 6.61 Å². The number of ether oxygens (including phenoxy) is 1. The summed E-state index contributed by atoms with van der Waals surface area (Å²) < 4.78 is 5.17. The second-order valence-corrected chi connectivity index (χ2v) is 2.88. The number of carboxylic acids is 1. The van der Waals surface area contributed by atoms with Gasteiger partial charge in [-0.1, -0.05) is 12.1 Å². The molecule has 15 heavy (non-hydrogen) atoms. The van der Waals surface area contributed by atoms with Gasteiger partial charge in [0.2, 0.25) is 0 Å². The molecule has 4 nitrogen and oxygen atoms in total. The predicted octanol–water partition coefficient (Wildman–Crippen LogP) is 2.05. The van der Waals surface area contributed by atoms with Crippen molar-refractivity contribution in [2.75, 3.05) is 6.61 Å². The first-order valence-electron chi connectivity index (χ1n) is 4.45. The van der Waals surface area contributed by atoms with E-state index < -0.39 is 5.97 Å². The van der Waals surface area contributed by atoms with Crippen molar-refractivity contribution in [2.24, 2.45) is 0 Å². The van der Waals surface area contributed by atoms with Crippen molar-refractivity contribution in [1.82, 2.24) is 0 Å². The fourth-order valence-electron chi connectivity index (χ4n) is 1.09. The third-order valence-electron chi connectivity index (χ3n) is 1.79. The van der Waals surface area contributed by atoms with E-state index in [0.29, 0.717) is 13.0 Å². The van der Waals surface area contributed by atoms with Crippen LogP contribution >= 0.6 is 0 Å². The fourth-order valence-corrected chi connectivity index (χ4v) is 1.09. The van der Waals surface area contributed by atoms with Crippen LogP contribution in [0.4, 0.5) is 0 Å². The van der Waals surface area contributed by atoms with E-state index in [9.17, 15) is 9.90 Å². The molecule has 0 saturated heterocycles. The van der Waals surface area contributed by atoms with E-state index in [1.165, 1.54) is 18.2 Å². The van der Waals surface area contributed by atoms with Crippen LogP contribution in [-0.4, -0.2) is 22.8 Å². The van der Waals surface area contributed by atoms with Gasteiger partial charge >= 0.3 is 5.97 Å². The van der Waals surface area contributed by atoms with Gasteiger partial charge in [-0.2, -0.15) is 0 Å². The summed E-state index contributed by atoms with van der Waals surface area (Å²) in [6, 6.07) is 4.22. The Morgan fingerprint density at radius 1 is 1.53 bits per heavy atom. The lowest BCUT2D eigenvalue weighted by Crippen LogP contribution is -2.04. The Morgan fingerprint density at radius 2 is 2.27 bits per heavy atom. The van der Waals surface area contributed by atoms with Crippen LogP contribution in [0.25, 0.3) is 0 Å². The van der Waals surface area contributed by atoms with Gasteiger partial charge in [-0.3, -0.25) is 0 Å². The molecule has 0 atom stereocenters. The van der Waals surface area contributed by atoms with E-state index in [0.717, 1.165) is 0 Å². The number of aromatic hydroxyl groups is 1. The molecule has 0 saturated carbocycles. The molecule has 0 bridgehead atoms. The normalized spacial score (nSPS) is 9.60. The van der Waals surface area contributed by atoms with Gasteiger partial charge in [0.1, 0.15) is 5.56 Å². The van der Waals surface area contributed by atoms with Gasteiger partial charge in [-0.25, -0.2) is 4.79 Å². The lowest BCUT2D eigenvalue weighted by Gasteiger charge is -2.09. The zero-order valence-electron chi connectivity index (χ0n) is 8.14. The van der Waals surface area contributed by atoms with Crippen LogP contribution in [0.3, 0.4) is 0 Å². The molecule has 0 aromatic heterocycles. The summed E-state index contributed by atoms with van der Waals surface area (Å²) in [6.07, 6.45) is 2.24. The maximum atomic E-state index is 10.8. The van der Waals surface area contributed by atoms with Crippen LogP contribution in [0.15, 0.2) is 30.9 Å². The number of para-hydroxylation sites is 1. The van der Waals surface area contributed by atoms with E-state index in [1.807, 2.05) is 0 Å². The SMILES string of the molecule is C=CCCOc1c(O)cccc1C(=O)O. The van der Waals surface area contributed by atoms with Crippen LogP contribution in [0.1, 0.15) is 16.8 Å². The summed E-state index contributed by atoms with van der Waals surface area (Å²) in [7, 11) is 0. The molecule has 0 aliphatic carbocycles. The summed E-state index contributed by atoms with van der Waals surface area (Å²) >= 11 is 0. The number of hydrogen-bond acceptors (Lipinski definition) is 3. The lowest BCUT2D eigenvalue weighted by molar-refractivity contribution is 0.0691. The maximum Gasteiger partial charge on any atom is 0.339 e. The van der Waals surface area contributed by atoms with E-state index in [2.05, 4.69) is 6.58 Å². The lowest BCUT2D eigenvalue weighted by atomic mass is 10.2. The van der Waals surface area contributed by atoms with Crippen molar-refractivity contribution >= 4 is 5.97 Å². The molecule has 0 aliphatic rings. The number of phenols is 1. The summed E-state index contributed by atoms with van der Waals surface area (Å²) in [5.74, 6) is -1.29. The second kappa shape index (κ2) is 5.05. The average molecular weight is 208 g/mol. The molecule has 0 heterocycles. The Kier molecular flexibility index (Phi) is 3.74. The van der Waals surface area contributed by atoms with Gasteiger partial charge in [-0.15, -0.1) is 6.58 Å². The number of hydrogen-bond donors (Lipinski definition) is 2. The van der Waals surface area contributed by atoms with Gasteiger partial charge in [0.15, 0.2) is 11.5 Å². The Hall–Kier alpha value is -1.97. The highest BCUT2D eigenvalue weighted by molar-refractivity contribution is 5.91. The number of carboxylic acid groups (broad SMARTS) is 1. The maximum absolute atomic E-state index is 10.8. The number of aromatic carboxylic acids is 1. The zero-order chi connectivity index (χ0) is 11.3. The standard InChI is InChI=1S/C11H12O4/c1-2-3-7-15-10-8(11(13)14)5-4-6-9(10)12/h2,4-6,12H,1,3,7H2,(H,13,14). The number of benzene rings is 1. The highest BCUT2D eigenvalue weighted by Crippen LogP contribution is 2.29. The zero-order valence-corrected chi connectivity index (χ0v) is 8.14. The minimum absolute atomic E-state index is 0.00634. The summed E-state index contributed by atoms with van der Waals surface area (Å²) in [5.41, 5.74) is -0.0425. The number of carbonyl (C=O) groups is 1. The summed E-state index contributed by atoms with van der Waals surface area (Å²) in [5, 5.41) is 18.3. The van der Waals surface area contributed by atoms with Gasteiger partial charge in [-0.05, 0) is 18.6 Å². The van der Waals surface area contributed by atoms with Gasteiger partial charge in [0.25, 0.3) is 0 Å². The molecule has 0 radical (unpaired) electrons. The quantitative estimate of drug-likeness (QED) is 0.574. The van der Waals surface area contributed by atoms with Gasteiger partial charge < -0.3 is 14.9 Å². The van der Waals surface area contributed by atoms with Crippen LogP contribution in [-0.2, 0) is 0 Å². The largest absolute Gasteiger partial charge is 0.504 e. The first-order valence-corrected chi connectivity index (χ1v) is 4.45. The van der Waals surface area contributed by atoms with Crippen molar-refractivity contribution < 1.29 is 19.7 Å². The fraction of sp³-hybridized carbons (Fsp3) is 0.182. The molecule has 0 amide bonds. The molecule has 1 rings (SSSR count). The predicted molar refractivity (Wildman–Crippen MR) is 55.4 cm³/mol. The first kappa shape index (κ1) is 11.1. The van der Waals surface area contributed by atoms with Crippen LogP contribution in [0, 0.1) is 0 Å². The molecule has 1 aromatic rings. The van der Waals surface area contributed by atoms with Crippen LogP contribution in [0.2, 0.25) is 0 Å². The van der Waals surface area contributed by atoms with E-state index >= 15 is 0 Å². The molecule has 0 aliphatic heterocycles. The van der Waals surface area contributed by atoms with Crippen LogP contribution in [0.5, 0.6) is 11.5 Å². The molecule has 0 fully saturated rings. The molecule has 80 valence electrons. The first-order chi connectivity index (χ1) is 7.16. The highest BCUT2D eigenvalue weighted by Gasteiger charge is 2.14. The third kappa shape index (κ3) is 2.74. The monoisotopic (exact) mass is 208 g/mol. The van der Waals surface area contributed by atoms with Crippen molar-refractivity contribution in [3.8, 4) is 11.5 Å². The van der Waals surface area contributed by atoms with E-state index in [4.69, 9.17) is 9.84 Å². The number of phenolic OH excluding ortho intramolecular Hbond substituents is 1. The highest BCUT2D eigenvalue weighted by atomic mass is 16.5. The molecule has 1 aromatic carbocycles. The summed E-state index contributed by atoms with van der Waals surface area (Å²) in [4.78, 5) is 10.8. The molecule has 0 spiro atoms. The number of rotatable bonds is 5. The van der Waals surface area contributed by atoms with Crippen molar-refractivity contribution in [3.63, 3.8) is 0 Å². The minimum atomic E-state index is -1.13. The van der Waals surface area contributed by atoms with Crippen molar-refractivity contribution in [1.29, 1.82) is 0 Å². The minimum Gasteiger partial charge on any atom is -0.504 e. The summed E-state index contributed by atoms with van der Waals surface area (Å²) in [6.45, 7) is 3.81. The molecular formula is C11H12O4.